The molecule has 0 radical (unpaired) electrons. The van der Waals surface area contributed by atoms with Crippen LogP contribution >= 0.6 is 11.6 Å². The van der Waals surface area contributed by atoms with Gasteiger partial charge in [-0.25, -0.2) is 9.97 Å². The zero-order valence-electron chi connectivity index (χ0n) is 10.2. The van der Waals surface area contributed by atoms with Crippen LogP contribution in [0, 0.1) is 5.92 Å². The van der Waals surface area contributed by atoms with E-state index in [2.05, 4.69) is 22.2 Å². The molecule has 1 fully saturated rings. The summed E-state index contributed by atoms with van der Waals surface area (Å²) in [7, 11) is 1.62. The van der Waals surface area contributed by atoms with Crippen LogP contribution in [-0.4, -0.2) is 23.1 Å². The molecule has 0 saturated heterocycles. The van der Waals surface area contributed by atoms with E-state index in [0.717, 1.165) is 11.7 Å². The van der Waals surface area contributed by atoms with Gasteiger partial charge < -0.3 is 10.1 Å². The standard InChI is InChI=1S/C12H18ClN3O/c1-8(9-4-3-5-9)14-11-6-10(13)15-12(16-11)7-17-2/h6,8-9H,3-5,7H2,1-2H3,(H,14,15,16). The number of hydrogen-bond donors (Lipinski definition) is 1. The number of aromatic nitrogens is 2. The van der Waals surface area contributed by atoms with Gasteiger partial charge in [0.2, 0.25) is 0 Å². The molecule has 1 aliphatic carbocycles. The highest BCUT2D eigenvalue weighted by molar-refractivity contribution is 6.29. The third-order valence-corrected chi connectivity index (χ3v) is 3.44. The fraction of sp³-hybridized carbons (Fsp3) is 0.667. The number of anilines is 1. The highest BCUT2D eigenvalue weighted by Gasteiger charge is 2.24. The van der Waals surface area contributed by atoms with Crippen LogP contribution in [0.15, 0.2) is 6.07 Å². The van der Waals surface area contributed by atoms with E-state index in [9.17, 15) is 0 Å². The summed E-state index contributed by atoms with van der Waals surface area (Å²) in [5, 5.41) is 3.85. The Hall–Kier alpha value is -0.870. The van der Waals surface area contributed by atoms with E-state index in [1.54, 1.807) is 13.2 Å². The van der Waals surface area contributed by atoms with E-state index in [-0.39, 0.29) is 0 Å². The summed E-state index contributed by atoms with van der Waals surface area (Å²) in [5.74, 6) is 2.16. The minimum atomic E-state index is 0.382. The minimum Gasteiger partial charge on any atom is -0.377 e. The molecule has 0 amide bonds. The van der Waals surface area contributed by atoms with Crippen LogP contribution in [0.3, 0.4) is 0 Å². The first-order valence-corrected chi connectivity index (χ1v) is 6.36. The summed E-state index contributed by atoms with van der Waals surface area (Å²) in [6.45, 7) is 2.57. The molecular weight excluding hydrogens is 238 g/mol. The number of halogens is 1. The van der Waals surface area contributed by atoms with Crippen molar-refractivity contribution in [3.8, 4) is 0 Å². The summed E-state index contributed by atoms with van der Waals surface area (Å²) in [6, 6.07) is 2.20. The molecule has 1 saturated carbocycles. The van der Waals surface area contributed by atoms with Crippen molar-refractivity contribution >= 4 is 17.4 Å². The molecule has 1 N–H and O–H groups in total. The Kier molecular flexibility index (Phi) is 4.18. The number of ether oxygens (including phenoxy) is 1. The van der Waals surface area contributed by atoms with Crippen LogP contribution in [0.4, 0.5) is 5.82 Å². The van der Waals surface area contributed by atoms with Crippen molar-refractivity contribution in [1.82, 2.24) is 9.97 Å². The SMILES string of the molecule is COCc1nc(Cl)cc(NC(C)C2CCC2)n1. The summed E-state index contributed by atoms with van der Waals surface area (Å²) in [4.78, 5) is 8.47. The van der Waals surface area contributed by atoms with Crippen LogP contribution < -0.4 is 5.32 Å². The Labute approximate surface area is 107 Å². The number of hydrogen-bond acceptors (Lipinski definition) is 4. The van der Waals surface area contributed by atoms with Gasteiger partial charge in [-0.2, -0.15) is 0 Å². The smallest absolute Gasteiger partial charge is 0.158 e. The van der Waals surface area contributed by atoms with Crippen LogP contribution in [0.1, 0.15) is 32.0 Å². The molecule has 0 spiro atoms. The maximum absolute atomic E-state index is 5.95. The van der Waals surface area contributed by atoms with Crippen molar-refractivity contribution < 1.29 is 4.74 Å². The summed E-state index contributed by atoms with van der Waals surface area (Å²) in [5.41, 5.74) is 0. The number of rotatable bonds is 5. The molecule has 1 heterocycles. The van der Waals surface area contributed by atoms with Gasteiger partial charge in [-0.3, -0.25) is 0 Å². The summed E-state index contributed by atoms with van der Waals surface area (Å²) >= 11 is 5.95. The Morgan fingerprint density at radius 1 is 1.53 bits per heavy atom. The topological polar surface area (TPSA) is 47.0 Å². The lowest BCUT2D eigenvalue weighted by atomic mass is 9.80. The van der Waals surface area contributed by atoms with Crippen LogP contribution in [0.5, 0.6) is 0 Å². The minimum absolute atomic E-state index is 0.382. The molecule has 4 nitrogen and oxygen atoms in total. The predicted octanol–water partition coefficient (Wildman–Crippen LogP) is 2.88. The molecule has 1 aromatic heterocycles. The Bertz CT molecular complexity index is 382. The second kappa shape index (κ2) is 5.65. The van der Waals surface area contributed by atoms with Gasteiger partial charge in [0.15, 0.2) is 5.82 Å². The predicted molar refractivity (Wildman–Crippen MR) is 68.2 cm³/mol. The average Bonchev–Trinajstić information content (AvgIpc) is 2.13. The first-order chi connectivity index (χ1) is 8.19. The molecule has 0 aliphatic heterocycles. The zero-order chi connectivity index (χ0) is 12.3. The first-order valence-electron chi connectivity index (χ1n) is 5.98. The molecule has 1 unspecified atom stereocenters. The molecule has 94 valence electrons. The Balaban J connectivity index is 2.03. The van der Waals surface area contributed by atoms with E-state index in [1.165, 1.54) is 19.3 Å². The fourth-order valence-corrected chi connectivity index (χ4v) is 2.22. The molecule has 1 aliphatic rings. The molecule has 0 aromatic carbocycles. The molecule has 0 bridgehead atoms. The fourth-order valence-electron chi connectivity index (χ4n) is 2.02. The molecule has 1 atom stereocenters. The van der Waals surface area contributed by atoms with Gasteiger partial charge in [0.1, 0.15) is 17.6 Å². The maximum atomic E-state index is 5.95. The summed E-state index contributed by atoms with van der Waals surface area (Å²) < 4.78 is 5.01. The molecule has 17 heavy (non-hydrogen) atoms. The van der Waals surface area contributed by atoms with Crippen molar-refractivity contribution in [3.05, 3.63) is 17.0 Å². The first kappa shape index (κ1) is 12.6. The van der Waals surface area contributed by atoms with E-state index >= 15 is 0 Å². The van der Waals surface area contributed by atoms with E-state index in [1.807, 2.05) is 0 Å². The Morgan fingerprint density at radius 2 is 2.29 bits per heavy atom. The third kappa shape index (κ3) is 3.30. The average molecular weight is 256 g/mol. The van der Waals surface area contributed by atoms with Crippen LogP contribution in [-0.2, 0) is 11.3 Å². The van der Waals surface area contributed by atoms with Crippen molar-refractivity contribution in [1.29, 1.82) is 0 Å². The second-order valence-corrected chi connectivity index (χ2v) is 4.94. The van der Waals surface area contributed by atoms with Crippen molar-refractivity contribution in [2.75, 3.05) is 12.4 Å². The monoisotopic (exact) mass is 255 g/mol. The second-order valence-electron chi connectivity index (χ2n) is 4.55. The molecular formula is C12H18ClN3O. The molecule has 5 heteroatoms. The number of nitrogens with one attached hydrogen (secondary N) is 1. The molecule has 2 rings (SSSR count). The lowest BCUT2D eigenvalue weighted by Crippen LogP contribution is -2.31. The lowest BCUT2D eigenvalue weighted by molar-refractivity contribution is 0.178. The largest absolute Gasteiger partial charge is 0.377 e. The number of methoxy groups -OCH3 is 1. The quantitative estimate of drug-likeness (QED) is 0.822. The normalized spacial score (nSPS) is 17.6. The van der Waals surface area contributed by atoms with Crippen LogP contribution in [0.25, 0.3) is 0 Å². The highest BCUT2D eigenvalue weighted by atomic mass is 35.5. The lowest BCUT2D eigenvalue weighted by Gasteiger charge is -2.32. The van der Waals surface area contributed by atoms with E-state index in [0.29, 0.717) is 23.6 Å². The maximum Gasteiger partial charge on any atom is 0.158 e. The van der Waals surface area contributed by atoms with Gasteiger partial charge in [0.05, 0.1) is 0 Å². The number of nitrogens with zero attached hydrogens (tertiary/aromatic N) is 2. The van der Waals surface area contributed by atoms with Gasteiger partial charge in [-0.05, 0) is 25.7 Å². The molecule has 1 aromatic rings. The summed E-state index contributed by atoms with van der Waals surface area (Å²) in [6.07, 6.45) is 3.95. The third-order valence-electron chi connectivity index (χ3n) is 3.25. The van der Waals surface area contributed by atoms with Crippen molar-refractivity contribution in [2.45, 2.75) is 38.8 Å². The van der Waals surface area contributed by atoms with Gasteiger partial charge in [-0.15, -0.1) is 0 Å². The van der Waals surface area contributed by atoms with E-state index < -0.39 is 0 Å². The van der Waals surface area contributed by atoms with Crippen molar-refractivity contribution in [2.24, 2.45) is 5.92 Å². The van der Waals surface area contributed by atoms with Crippen LogP contribution in [0.2, 0.25) is 5.15 Å². The van der Waals surface area contributed by atoms with Gasteiger partial charge in [-0.1, -0.05) is 18.0 Å². The van der Waals surface area contributed by atoms with E-state index in [4.69, 9.17) is 16.3 Å². The van der Waals surface area contributed by atoms with Crippen molar-refractivity contribution in [3.63, 3.8) is 0 Å². The Morgan fingerprint density at radius 3 is 2.88 bits per heavy atom. The zero-order valence-corrected chi connectivity index (χ0v) is 11.0. The van der Waals surface area contributed by atoms with Gasteiger partial charge in [0, 0.05) is 19.2 Å². The van der Waals surface area contributed by atoms with Gasteiger partial charge in [0.25, 0.3) is 0 Å². The highest BCUT2D eigenvalue weighted by Crippen LogP contribution is 2.30. The van der Waals surface area contributed by atoms with Gasteiger partial charge >= 0.3 is 0 Å².